The van der Waals surface area contributed by atoms with E-state index in [1.54, 1.807) is 0 Å². The molecule has 0 radical (unpaired) electrons. The second-order valence-corrected chi connectivity index (χ2v) is 4.21. The third-order valence-corrected chi connectivity index (χ3v) is 2.91. The summed E-state index contributed by atoms with van der Waals surface area (Å²) in [4.78, 5) is 0. The van der Waals surface area contributed by atoms with Crippen LogP contribution >= 0.6 is 0 Å². The summed E-state index contributed by atoms with van der Waals surface area (Å²) in [5.74, 6) is 0.679. The van der Waals surface area contributed by atoms with Gasteiger partial charge >= 0.3 is 0 Å². The van der Waals surface area contributed by atoms with E-state index >= 15 is 0 Å². The molecule has 2 rings (SSSR count). The molecule has 1 fully saturated rings. The Morgan fingerprint density at radius 1 is 1.36 bits per heavy atom. The third-order valence-electron chi connectivity index (χ3n) is 2.91. The molecule has 1 aliphatic heterocycles. The summed E-state index contributed by atoms with van der Waals surface area (Å²) in [6.07, 6.45) is 0.705. The molecule has 1 aliphatic rings. The minimum absolute atomic E-state index is 0.229. The minimum atomic E-state index is -0.360. The monoisotopic (exact) mass is 191 g/mol. The van der Waals surface area contributed by atoms with Gasteiger partial charge in [-0.05, 0) is 24.4 Å². The van der Waals surface area contributed by atoms with Gasteiger partial charge in [0.1, 0.15) is 0 Å². The first-order valence-corrected chi connectivity index (χ1v) is 5.24. The molecule has 0 spiro atoms. The van der Waals surface area contributed by atoms with E-state index in [9.17, 15) is 5.11 Å². The lowest BCUT2D eigenvalue weighted by Gasteiger charge is -2.18. The highest BCUT2D eigenvalue weighted by atomic mass is 16.3. The number of rotatable bonds is 2. The Morgan fingerprint density at radius 2 is 2.07 bits per heavy atom. The van der Waals surface area contributed by atoms with Gasteiger partial charge in [-0.2, -0.15) is 0 Å². The first kappa shape index (κ1) is 9.69. The summed E-state index contributed by atoms with van der Waals surface area (Å²) in [6.45, 7) is 3.24. The molecule has 2 heteroatoms. The van der Waals surface area contributed by atoms with Crippen LogP contribution in [0.5, 0.6) is 0 Å². The standard InChI is InChI=1S/C12H17NO/c1-9-7-11(13-8-9)12(14)10-5-3-2-4-6-10/h2-6,9,11-14H,7-8H2,1H3/t9?,11-,12+/m1/s1. The molecule has 0 aliphatic carbocycles. The van der Waals surface area contributed by atoms with E-state index in [1.807, 2.05) is 30.3 Å². The van der Waals surface area contributed by atoms with E-state index in [1.165, 1.54) is 0 Å². The maximum atomic E-state index is 10.1. The molecule has 1 aromatic carbocycles. The highest BCUT2D eigenvalue weighted by Crippen LogP contribution is 2.25. The van der Waals surface area contributed by atoms with E-state index in [0.29, 0.717) is 5.92 Å². The number of hydrogen-bond acceptors (Lipinski definition) is 2. The van der Waals surface area contributed by atoms with Crippen LogP contribution in [0.15, 0.2) is 30.3 Å². The molecule has 1 heterocycles. The quantitative estimate of drug-likeness (QED) is 0.746. The molecule has 2 N–H and O–H groups in total. The van der Waals surface area contributed by atoms with Crippen molar-refractivity contribution in [2.75, 3.05) is 6.54 Å². The summed E-state index contributed by atoms with van der Waals surface area (Å²) < 4.78 is 0. The van der Waals surface area contributed by atoms with Crippen LogP contribution < -0.4 is 5.32 Å². The molecule has 0 saturated carbocycles. The molecule has 0 bridgehead atoms. The lowest BCUT2D eigenvalue weighted by molar-refractivity contribution is 0.136. The number of benzene rings is 1. The number of nitrogens with one attached hydrogen (secondary N) is 1. The van der Waals surface area contributed by atoms with Gasteiger partial charge in [-0.15, -0.1) is 0 Å². The zero-order valence-corrected chi connectivity index (χ0v) is 8.48. The number of aliphatic hydroxyl groups excluding tert-OH is 1. The lowest BCUT2D eigenvalue weighted by Crippen LogP contribution is -2.28. The smallest absolute Gasteiger partial charge is 0.0943 e. The van der Waals surface area contributed by atoms with Gasteiger partial charge in [0, 0.05) is 6.04 Å². The van der Waals surface area contributed by atoms with Crippen LogP contribution in [-0.4, -0.2) is 17.7 Å². The highest BCUT2D eigenvalue weighted by Gasteiger charge is 2.27. The molecule has 0 amide bonds. The van der Waals surface area contributed by atoms with Crippen LogP contribution in [0.1, 0.15) is 25.0 Å². The third kappa shape index (κ3) is 1.97. The van der Waals surface area contributed by atoms with Gasteiger partial charge in [0.15, 0.2) is 0 Å². The maximum Gasteiger partial charge on any atom is 0.0943 e. The van der Waals surface area contributed by atoms with Gasteiger partial charge in [0.2, 0.25) is 0 Å². The van der Waals surface area contributed by atoms with Crippen molar-refractivity contribution >= 4 is 0 Å². The van der Waals surface area contributed by atoms with Crippen molar-refractivity contribution in [3.8, 4) is 0 Å². The summed E-state index contributed by atoms with van der Waals surface area (Å²) in [6, 6.07) is 10.1. The van der Waals surface area contributed by atoms with E-state index in [-0.39, 0.29) is 12.1 Å². The predicted octanol–water partition coefficient (Wildman–Crippen LogP) is 1.72. The second kappa shape index (κ2) is 4.11. The summed E-state index contributed by atoms with van der Waals surface area (Å²) in [5.41, 5.74) is 1.01. The van der Waals surface area contributed by atoms with E-state index in [4.69, 9.17) is 0 Å². The van der Waals surface area contributed by atoms with Crippen LogP contribution in [0.2, 0.25) is 0 Å². The van der Waals surface area contributed by atoms with Crippen molar-refractivity contribution in [2.24, 2.45) is 5.92 Å². The highest BCUT2D eigenvalue weighted by molar-refractivity contribution is 5.19. The Morgan fingerprint density at radius 3 is 2.64 bits per heavy atom. The van der Waals surface area contributed by atoms with Gasteiger partial charge in [0.25, 0.3) is 0 Å². The lowest BCUT2D eigenvalue weighted by atomic mass is 9.98. The zero-order chi connectivity index (χ0) is 9.97. The van der Waals surface area contributed by atoms with Gasteiger partial charge in [-0.25, -0.2) is 0 Å². The van der Waals surface area contributed by atoms with Crippen molar-refractivity contribution in [2.45, 2.75) is 25.5 Å². The Labute approximate surface area is 85.0 Å². The average molecular weight is 191 g/mol. The van der Waals surface area contributed by atoms with Crippen molar-refractivity contribution in [1.29, 1.82) is 0 Å². The Hall–Kier alpha value is -0.860. The topological polar surface area (TPSA) is 32.3 Å². The Kier molecular flexibility index (Phi) is 2.85. The fourth-order valence-corrected chi connectivity index (χ4v) is 2.08. The summed E-state index contributed by atoms with van der Waals surface area (Å²) in [5, 5.41) is 13.4. The fourth-order valence-electron chi connectivity index (χ4n) is 2.08. The predicted molar refractivity (Wildman–Crippen MR) is 57.0 cm³/mol. The van der Waals surface area contributed by atoms with Crippen molar-refractivity contribution < 1.29 is 5.11 Å². The molecule has 1 unspecified atom stereocenters. The molecule has 76 valence electrons. The molecule has 1 saturated heterocycles. The molecule has 2 nitrogen and oxygen atoms in total. The van der Waals surface area contributed by atoms with E-state index in [2.05, 4.69) is 12.2 Å². The van der Waals surface area contributed by atoms with Gasteiger partial charge < -0.3 is 10.4 Å². The summed E-state index contributed by atoms with van der Waals surface area (Å²) >= 11 is 0. The fraction of sp³-hybridized carbons (Fsp3) is 0.500. The molecular formula is C12H17NO. The minimum Gasteiger partial charge on any atom is -0.387 e. The molecule has 0 aromatic heterocycles. The summed E-state index contributed by atoms with van der Waals surface area (Å²) in [7, 11) is 0. The van der Waals surface area contributed by atoms with Crippen LogP contribution in [0.3, 0.4) is 0 Å². The Bertz CT molecular complexity index is 286. The van der Waals surface area contributed by atoms with Crippen molar-refractivity contribution in [1.82, 2.24) is 5.32 Å². The van der Waals surface area contributed by atoms with Crippen molar-refractivity contribution in [3.05, 3.63) is 35.9 Å². The Balaban J connectivity index is 2.05. The number of hydrogen-bond donors (Lipinski definition) is 2. The van der Waals surface area contributed by atoms with Crippen molar-refractivity contribution in [3.63, 3.8) is 0 Å². The molecule has 14 heavy (non-hydrogen) atoms. The molecule has 3 atom stereocenters. The van der Waals surface area contributed by atoms with Crippen LogP contribution in [0, 0.1) is 5.92 Å². The van der Waals surface area contributed by atoms with Gasteiger partial charge in [-0.1, -0.05) is 37.3 Å². The number of aliphatic hydroxyl groups is 1. The zero-order valence-electron chi connectivity index (χ0n) is 8.48. The first-order chi connectivity index (χ1) is 6.77. The van der Waals surface area contributed by atoms with Crippen LogP contribution in [0.25, 0.3) is 0 Å². The molecule has 1 aromatic rings. The first-order valence-electron chi connectivity index (χ1n) is 5.24. The van der Waals surface area contributed by atoms with Gasteiger partial charge in [-0.3, -0.25) is 0 Å². The largest absolute Gasteiger partial charge is 0.387 e. The normalized spacial score (nSPS) is 29.0. The SMILES string of the molecule is CC1CN[C@@H]([C@@H](O)c2ccccc2)C1. The maximum absolute atomic E-state index is 10.1. The van der Waals surface area contributed by atoms with Crippen LogP contribution in [0.4, 0.5) is 0 Å². The second-order valence-electron chi connectivity index (χ2n) is 4.21. The van der Waals surface area contributed by atoms with E-state index < -0.39 is 0 Å². The molecular weight excluding hydrogens is 174 g/mol. The average Bonchev–Trinajstić information content (AvgIpc) is 2.65. The van der Waals surface area contributed by atoms with Crippen LogP contribution in [-0.2, 0) is 0 Å². The van der Waals surface area contributed by atoms with Gasteiger partial charge in [0.05, 0.1) is 6.10 Å². The van der Waals surface area contributed by atoms with E-state index in [0.717, 1.165) is 18.5 Å².